The van der Waals surface area contributed by atoms with Crippen molar-refractivity contribution in [1.29, 1.82) is 0 Å². The summed E-state index contributed by atoms with van der Waals surface area (Å²) in [6, 6.07) is 24.4. The molecule has 2 heterocycles. The van der Waals surface area contributed by atoms with Crippen LogP contribution in [0.25, 0.3) is 16.8 Å². The van der Waals surface area contributed by atoms with E-state index in [1.165, 1.54) is 20.7 Å². The average molecular weight is 579 g/mol. The van der Waals surface area contributed by atoms with Crippen LogP contribution < -0.4 is 4.90 Å². The van der Waals surface area contributed by atoms with Crippen molar-refractivity contribution in [3.8, 4) is 0 Å². The number of amides is 2. The summed E-state index contributed by atoms with van der Waals surface area (Å²) >= 11 is 11.2. The first-order chi connectivity index (χ1) is 17.3. The van der Waals surface area contributed by atoms with Gasteiger partial charge in [-0.1, -0.05) is 0 Å². The van der Waals surface area contributed by atoms with Gasteiger partial charge in [-0.25, -0.2) is 0 Å². The van der Waals surface area contributed by atoms with Gasteiger partial charge in [-0.3, -0.25) is 0 Å². The van der Waals surface area contributed by atoms with Gasteiger partial charge < -0.3 is 0 Å². The Morgan fingerprint density at radius 2 is 1.50 bits per heavy atom. The monoisotopic (exact) mass is 579 g/mol. The van der Waals surface area contributed by atoms with Gasteiger partial charge in [0.1, 0.15) is 0 Å². The second-order valence-electron chi connectivity index (χ2n) is 8.50. The van der Waals surface area contributed by atoms with Crippen LogP contribution in [-0.2, 0) is 9.59 Å². The van der Waals surface area contributed by atoms with Gasteiger partial charge in [0.2, 0.25) is 0 Å². The zero-order valence-corrected chi connectivity index (χ0v) is 23.1. The first kappa shape index (κ1) is 24.5. The molecule has 0 saturated carbocycles. The molecule has 0 aliphatic carbocycles. The molecule has 1 aliphatic rings. The van der Waals surface area contributed by atoms with E-state index in [0.717, 1.165) is 25.8 Å². The number of likely N-dealkylation sites (N-methyl/N-ethyl adjacent to an activating group) is 2. The summed E-state index contributed by atoms with van der Waals surface area (Å²) in [6.07, 6.45) is 1.70. The zero-order valence-electron chi connectivity index (χ0n) is 19.9. The van der Waals surface area contributed by atoms with Gasteiger partial charge in [-0.15, -0.1) is 0 Å². The fourth-order valence-electron chi connectivity index (χ4n) is 4.26. The Kier molecular flexibility index (Phi) is 6.58. The molecule has 1 saturated heterocycles. The van der Waals surface area contributed by atoms with Crippen molar-refractivity contribution in [3.05, 3.63) is 93.4 Å². The van der Waals surface area contributed by atoms with Crippen LogP contribution in [0.2, 0.25) is 5.02 Å². The molecule has 4 aromatic rings. The summed E-state index contributed by atoms with van der Waals surface area (Å²) in [4.78, 5) is 30.5. The molecule has 0 N–H and O–H groups in total. The van der Waals surface area contributed by atoms with E-state index in [-0.39, 0.29) is 37.0 Å². The molecule has 0 bridgehead atoms. The van der Waals surface area contributed by atoms with Gasteiger partial charge in [0, 0.05) is 0 Å². The van der Waals surface area contributed by atoms with E-state index in [2.05, 4.69) is 42.2 Å². The van der Waals surface area contributed by atoms with Crippen molar-refractivity contribution in [2.75, 3.05) is 19.0 Å². The van der Waals surface area contributed by atoms with E-state index >= 15 is 0 Å². The number of benzene rings is 3. The molecule has 2 amide bonds. The zero-order chi connectivity index (χ0) is 25.6. The third kappa shape index (κ3) is 4.29. The summed E-state index contributed by atoms with van der Waals surface area (Å²) in [6.45, 7) is 2.11. The Morgan fingerprint density at radius 1 is 0.861 bits per heavy atom. The molecule has 0 atom stereocenters. The van der Waals surface area contributed by atoms with Crippen LogP contribution in [0.15, 0.2) is 78.4 Å². The van der Waals surface area contributed by atoms with E-state index in [9.17, 15) is 9.59 Å². The molecule has 0 unspecified atom stereocenters. The predicted molar refractivity (Wildman–Crippen MR) is 151 cm³/mol. The number of thiocarbonyl (C=S) groups is 1. The van der Waals surface area contributed by atoms with Gasteiger partial charge in [0.25, 0.3) is 0 Å². The van der Waals surface area contributed by atoms with Crippen molar-refractivity contribution < 1.29 is 9.59 Å². The van der Waals surface area contributed by atoms with Crippen LogP contribution in [-0.4, -0.2) is 55.3 Å². The Balaban J connectivity index is 1.63. The quantitative estimate of drug-likeness (QED) is 0.130. The van der Waals surface area contributed by atoms with E-state index < -0.39 is 0 Å². The molecular weight excluding hydrogens is 557 g/mol. The van der Waals surface area contributed by atoms with Gasteiger partial charge in [-0.2, -0.15) is 0 Å². The van der Waals surface area contributed by atoms with Gasteiger partial charge in [-0.05, 0) is 0 Å². The second-order valence-corrected chi connectivity index (χ2v) is 11.6. The fraction of sp³-hybridized carbons (Fsp3) is 0.107. The SMILES string of the molecule is Cc1ccc(N(c2ccc(Cl)cc2)c2ccc(C=C3C(=O)N(C)C(=S)N(C)C3=O)[se]2)c2ccccc12. The topological polar surface area (TPSA) is 43.9 Å². The van der Waals surface area contributed by atoms with E-state index in [1.807, 2.05) is 42.5 Å². The molecule has 0 spiro atoms. The molecule has 8 heteroatoms. The van der Waals surface area contributed by atoms with Gasteiger partial charge in [0.05, 0.1) is 0 Å². The third-order valence-corrected chi connectivity index (χ3v) is 9.14. The number of carbonyl (C=O) groups excluding carboxylic acids is 2. The number of carbonyl (C=O) groups is 2. The van der Waals surface area contributed by atoms with Crippen LogP contribution in [0.4, 0.5) is 15.9 Å². The number of anilines is 3. The van der Waals surface area contributed by atoms with Crippen molar-refractivity contribution in [3.63, 3.8) is 0 Å². The first-order valence-corrected chi connectivity index (χ1v) is 13.7. The van der Waals surface area contributed by atoms with Crippen molar-refractivity contribution in [1.82, 2.24) is 9.80 Å². The number of hydrogen-bond acceptors (Lipinski definition) is 4. The number of aryl methyl sites for hydroxylation is 1. The molecule has 1 aliphatic heterocycles. The standard InChI is InChI=1S/C28H22ClN3O2SSe/c1-17-8-14-24(22-7-5-4-6-21(17)22)32(19-11-9-18(29)10-12-19)25-15-13-20(36-25)16-23-26(33)30(2)28(35)31(3)27(23)34/h4-16H,1-3H3. The van der Waals surface area contributed by atoms with E-state index in [1.54, 1.807) is 20.2 Å². The molecule has 5 nitrogen and oxygen atoms in total. The van der Waals surface area contributed by atoms with Crippen molar-refractivity contribution in [2.45, 2.75) is 6.92 Å². The molecular formula is C28H22ClN3O2SSe. The second kappa shape index (κ2) is 9.68. The molecule has 3 aromatic carbocycles. The first-order valence-electron chi connectivity index (χ1n) is 11.2. The average Bonchev–Trinajstić information content (AvgIpc) is 3.35. The summed E-state index contributed by atoms with van der Waals surface area (Å²) in [5.74, 6) is -0.764. The fourth-order valence-corrected chi connectivity index (χ4v) is 6.62. The Bertz CT molecular complexity index is 1530. The normalized spacial score (nSPS) is 14.1. The Hall–Kier alpha value is -3.22. The van der Waals surface area contributed by atoms with Crippen molar-refractivity contribution >= 4 is 88.0 Å². The summed E-state index contributed by atoms with van der Waals surface area (Å²) in [5, 5.41) is 3.20. The van der Waals surface area contributed by atoms with Gasteiger partial charge in [0.15, 0.2) is 0 Å². The number of hydrogen-bond donors (Lipinski definition) is 0. The predicted octanol–water partition coefficient (Wildman–Crippen LogP) is 5.93. The molecule has 36 heavy (non-hydrogen) atoms. The molecule has 5 rings (SSSR count). The molecule has 180 valence electrons. The maximum atomic E-state index is 12.8. The number of rotatable bonds is 4. The molecule has 1 aromatic heterocycles. The van der Waals surface area contributed by atoms with Crippen molar-refractivity contribution in [2.24, 2.45) is 0 Å². The Labute approximate surface area is 225 Å². The van der Waals surface area contributed by atoms with Crippen LogP contribution >= 0.6 is 23.8 Å². The van der Waals surface area contributed by atoms with E-state index in [0.29, 0.717) is 5.02 Å². The third-order valence-electron chi connectivity index (χ3n) is 6.21. The number of fused-ring (bicyclic) bond motifs is 1. The van der Waals surface area contributed by atoms with E-state index in [4.69, 9.17) is 23.8 Å². The van der Waals surface area contributed by atoms with Crippen LogP contribution in [0.5, 0.6) is 0 Å². The minimum atomic E-state index is -0.382. The molecule has 1 fully saturated rings. The number of halogens is 1. The summed E-state index contributed by atoms with van der Waals surface area (Å²) in [7, 11) is 3.17. The van der Waals surface area contributed by atoms with Crippen LogP contribution in [0.3, 0.4) is 0 Å². The summed E-state index contributed by atoms with van der Waals surface area (Å²) in [5.41, 5.74) is 3.37. The number of nitrogens with zero attached hydrogens (tertiary/aromatic N) is 3. The minimum absolute atomic E-state index is 0.121. The summed E-state index contributed by atoms with van der Waals surface area (Å²) < 4.78 is 2.01. The Morgan fingerprint density at radius 3 is 2.17 bits per heavy atom. The maximum absolute atomic E-state index is 12.8. The molecule has 0 radical (unpaired) electrons. The van der Waals surface area contributed by atoms with Crippen LogP contribution in [0, 0.1) is 6.92 Å². The van der Waals surface area contributed by atoms with Crippen LogP contribution in [0.1, 0.15) is 10.0 Å². The van der Waals surface area contributed by atoms with Gasteiger partial charge >= 0.3 is 227 Å².